The first kappa shape index (κ1) is 10.6. The Morgan fingerprint density at radius 2 is 2.47 bits per heavy atom. The van der Waals surface area contributed by atoms with Gasteiger partial charge in [-0.2, -0.15) is 0 Å². The smallest absolute Gasteiger partial charge is 0.265 e. The van der Waals surface area contributed by atoms with Crippen LogP contribution in [0.1, 0.15) is 22.5 Å². The van der Waals surface area contributed by atoms with Gasteiger partial charge in [0.2, 0.25) is 0 Å². The van der Waals surface area contributed by atoms with E-state index in [4.69, 9.17) is 5.11 Å². The van der Waals surface area contributed by atoms with Crippen LogP contribution in [0, 0.1) is 5.92 Å². The molecular weight excluding hydrogens is 212 g/mol. The van der Waals surface area contributed by atoms with Crippen LogP contribution in [0.4, 0.5) is 0 Å². The van der Waals surface area contributed by atoms with Gasteiger partial charge in [0, 0.05) is 19.3 Å². The quantitative estimate of drug-likeness (QED) is 0.814. The van der Waals surface area contributed by atoms with Crippen LogP contribution in [0.5, 0.6) is 0 Å². The molecule has 1 N–H and O–H groups in total. The predicted molar refractivity (Wildman–Crippen MR) is 57.8 cm³/mol. The number of hydrogen-bond donors (Lipinski definition) is 1. The molecule has 0 unspecified atom stereocenters. The van der Waals surface area contributed by atoms with Gasteiger partial charge in [-0.1, -0.05) is 0 Å². The van der Waals surface area contributed by atoms with Gasteiger partial charge in [0.1, 0.15) is 4.88 Å². The normalized spacial score (nSPS) is 15.3. The van der Waals surface area contributed by atoms with Gasteiger partial charge in [0.05, 0.1) is 6.61 Å². The van der Waals surface area contributed by atoms with Crippen LogP contribution in [0.25, 0.3) is 0 Å². The summed E-state index contributed by atoms with van der Waals surface area (Å²) in [4.78, 5) is 14.3. The second-order valence-corrected chi connectivity index (χ2v) is 4.63. The van der Waals surface area contributed by atoms with Crippen molar-refractivity contribution in [3.05, 3.63) is 17.1 Å². The van der Waals surface area contributed by atoms with Crippen molar-refractivity contribution in [3.8, 4) is 0 Å². The number of hydrogen-bond acceptors (Lipinski definition) is 4. The van der Waals surface area contributed by atoms with Crippen molar-refractivity contribution in [1.82, 2.24) is 9.27 Å². The van der Waals surface area contributed by atoms with E-state index >= 15 is 0 Å². The molecule has 1 amide bonds. The number of carbonyl (C=O) groups excluding carboxylic acids is 1. The van der Waals surface area contributed by atoms with Crippen LogP contribution < -0.4 is 0 Å². The Balaban J connectivity index is 1.99. The molecule has 0 aliphatic heterocycles. The third-order valence-corrected chi connectivity index (χ3v) is 3.22. The summed E-state index contributed by atoms with van der Waals surface area (Å²) in [7, 11) is 0. The fourth-order valence-corrected chi connectivity index (χ4v) is 2.05. The number of aromatic nitrogens is 1. The lowest BCUT2D eigenvalue weighted by atomic mass is 10.3. The van der Waals surface area contributed by atoms with Crippen molar-refractivity contribution < 1.29 is 9.90 Å². The van der Waals surface area contributed by atoms with E-state index in [0.29, 0.717) is 17.3 Å². The lowest BCUT2D eigenvalue weighted by Crippen LogP contribution is -2.34. The SMILES string of the molecule is O=C(c1ccns1)N(CCO)CC1CC1. The first-order chi connectivity index (χ1) is 7.31. The Labute approximate surface area is 92.7 Å². The van der Waals surface area contributed by atoms with Crippen molar-refractivity contribution >= 4 is 17.4 Å². The average Bonchev–Trinajstić information content (AvgIpc) is 2.88. The summed E-state index contributed by atoms with van der Waals surface area (Å²) in [6, 6.07) is 1.73. The molecule has 0 bridgehead atoms. The maximum Gasteiger partial charge on any atom is 0.265 e. The van der Waals surface area contributed by atoms with Crippen LogP contribution >= 0.6 is 11.5 Å². The maximum atomic E-state index is 11.9. The van der Waals surface area contributed by atoms with E-state index in [9.17, 15) is 4.79 Å². The van der Waals surface area contributed by atoms with Gasteiger partial charge in [-0.15, -0.1) is 0 Å². The Morgan fingerprint density at radius 3 is 3.00 bits per heavy atom. The van der Waals surface area contributed by atoms with E-state index in [1.54, 1.807) is 17.2 Å². The average molecular weight is 226 g/mol. The van der Waals surface area contributed by atoms with E-state index in [2.05, 4.69) is 4.37 Å². The van der Waals surface area contributed by atoms with Crippen LogP contribution in [-0.4, -0.2) is 40.0 Å². The van der Waals surface area contributed by atoms with Crippen molar-refractivity contribution in [2.45, 2.75) is 12.8 Å². The third kappa shape index (κ3) is 2.76. The van der Waals surface area contributed by atoms with Crippen LogP contribution in [-0.2, 0) is 0 Å². The molecule has 0 atom stereocenters. The van der Waals surface area contributed by atoms with E-state index in [1.165, 1.54) is 24.4 Å². The van der Waals surface area contributed by atoms with E-state index < -0.39 is 0 Å². The Bertz CT molecular complexity index is 322. The summed E-state index contributed by atoms with van der Waals surface area (Å²) in [5, 5.41) is 8.91. The maximum absolute atomic E-state index is 11.9. The van der Waals surface area contributed by atoms with Crippen molar-refractivity contribution in [2.75, 3.05) is 19.7 Å². The zero-order chi connectivity index (χ0) is 10.7. The molecule has 0 radical (unpaired) electrons. The lowest BCUT2D eigenvalue weighted by molar-refractivity contribution is 0.0718. The Hall–Kier alpha value is -0.940. The van der Waals surface area contributed by atoms with Crippen molar-refractivity contribution in [2.24, 2.45) is 5.92 Å². The predicted octanol–water partition coefficient (Wildman–Crippen LogP) is 0.988. The van der Waals surface area contributed by atoms with Crippen LogP contribution in [0.3, 0.4) is 0 Å². The first-order valence-corrected chi connectivity index (χ1v) is 5.89. The monoisotopic (exact) mass is 226 g/mol. The van der Waals surface area contributed by atoms with E-state index in [-0.39, 0.29) is 12.5 Å². The third-order valence-electron chi connectivity index (χ3n) is 2.48. The molecule has 1 aromatic rings. The van der Waals surface area contributed by atoms with Gasteiger partial charge >= 0.3 is 0 Å². The standard InChI is InChI=1S/C10H14N2O2S/c13-6-5-12(7-8-1-2-8)10(14)9-3-4-11-15-9/h3-4,8,13H,1-2,5-7H2. The molecule has 15 heavy (non-hydrogen) atoms. The molecule has 1 saturated carbocycles. The van der Waals surface area contributed by atoms with Gasteiger partial charge in [-0.3, -0.25) is 4.79 Å². The minimum atomic E-state index is -0.00144. The van der Waals surface area contributed by atoms with Gasteiger partial charge in [-0.05, 0) is 36.4 Å². The summed E-state index contributed by atoms with van der Waals surface area (Å²) in [6.07, 6.45) is 4.04. The molecule has 1 aliphatic carbocycles. The fourth-order valence-electron chi connectivity index (χ4n) is 1.49. The number of aliphatic hydroxyl groups is 1. The van der Waals surface area contributed by atoms with Gasteiger partial charge in [0.15, 0.2) is 0 Å². The second-order valence-electron chi connectivity index (χ2n) is 3.79. The van der Waals surface area contributed by atoms with Gasteiger partial charge < -0.3 is 10.0 Å². The highest BCUT2D eigenvalue weighted by atomic mass is 32.1. The largest absolute Gasteiger partial charge is 0.395 e. The molecule has 1 aliphatic rings. The highest BCUT2D eigenvalue weighted by Crippen LogP contribution is 2.30. The zero-order valence-electron chi connectivity index (χ0n) is 8.43. The summed E-state index contributed by atoms with van der Waals surface area (Å²) in [5.74, 6) is 0.645. The number of carbonyl (C=O) groups is 1. The highest BCUT2D eigenvalue weighted by molar-refractivity contribution is 7.08. The van der Waals surface area contributed by atoms with Crippen molar-refractivity contribution in [3.63, 3.8) is 0 Å². The molecule has 0 aromatic carbocycles. The lowest BCUT2D eigenvalue weighted by Gasteiger charge is -2.20. The van der Waals surface area contributed by atoms with Crippen LogP contribution in [0.15, 0.2) is 12.3 Å². The van der Waals surface area contributed by atoms with Gasteiger partial charge in [0.25, 0.3) is 5.91 Å². The number of nitrogens with zero attached hydrogens (tertiary/aromatic N) is 2. The molecule has 0 saturated heterocycles. The highest BCUT2D eigenvalue weighted by Gasteiger charge is 2.27. The molecule has 2 rings (SSSR count). The van der Waals surface area contributed by atoms with Crippen molar-refractivity contribution in [1.29, 1.82) is 0 Å². The summed E-state index contributed by atoms with van der Waals surface area (Å²) in [6.45, 7) is 1.22. The van der Waals surface area contributed by atoms with Crippen LogP contribution in [0.2, 0.25) is 0 Å². The second kappa shape index (κ2) is 4.72. The summed E-state index contributed by atoms with van der Waals surface area (Å²) in [5.41, 5.74) is 0. The first-order valence-electron chi connectivity index (χ1n) is 5.12. The van der Waals surface area contributed by atoms with E-state index in [1.807, 2.05) is 0 Å². The fraction of sp³-hybridized carbons (Fsp3) is 0.600. The molecule has 4 nitrogen and oxygen atoms in total. The molecule has 1 aromatic heterocycles. The van der Waals surface area contributed by atoms with Gasteiger partial charge in [-0.25, -0.2) is 4.37 Å². The number of rotatable bonds is 5. The number of amides is 1. The number of aliphatic hydroxyl groups excluding tert-OH is 1. The molecular formula is C10H14N2O2S. The topological polar surface area (TPSA) is 53.4 Å². The summed E-state index contributed by atoms with van der Waals surface area (Å²) < 4.78 is 3.91. The molecule has 0 spiro atoms. The summed E-state index contributed by atoms with van der Waals surface area (Å²) >= 11 is 1.21. The molecule has 5 heteroatoms. The molecule has 1 fully saturated rings. The zero-order valence-corrected chi connectivity index (χ0v) is 9.24. The Kier molecular flexibility index (Phi) is 3.33. The molecule has 1 heterocycles. The minimum absolute atomic E-state index is 0.00144. The Morgan fingerprint density at radius 1 is 1.67 bits per heavy atom. The van der Waals surface area contributed by atoms with E-state index in [0.717, 1.165) is 6.54 Å². The minimum Gasteiger partial charge on any atom is -0.395 e. The molecule has 82 valence electrons.